The first kappa shape index (κ1) is 7.99. The van der Waals surface area contributed by atoms with Crippen molar-refractivity contribution in [2.75, 3.05) is 6.61 Å². The number of ether oxygens (including phenoxy) is 1. The second-order valence-corrected chi connectivity index (χ2v) is 2.76. The number of hydrogen-bond acceptors (Lipinski definition) is 4. The van der Waals surface area contributed by atoms with E-state index in [1.54, 1.807) is 0 Å². The molecule has 1 fully saturated rings. The van der Waals surface area contributed by atoms with Crippen molar-refractivity contribution in [1.82, 2.24) is 14.5 Å². The lowest BCUT2D eigenvalue weighted by Crippen LogP contribution is -2.44. The van der Waals surface area contributed by atoms with Crippen molar-refractivity contribution in [3.05, 3.63) is 31.5 Å². The Kier molecular flexibility index (Phi) is 1.66. The molecule has 7 nitrogen and oxygen atoms in total. The van der Waals surface area contributed by atoms with E-state index in [0.717, 1.165) is 4.57 Å². The van der Waals surface area contributed by atoms with Crippen LogP contribution in [0.4, 0.5) is 0 Å². The molecule has 0 spiro atoms. The first-order valence-corrected chi connectivity index (χ1v) is 3.72. The van der Waals surface area contributed by atoms with Gasteiger partial charge >= 0.3 is 17.1 Å². The van der Waals surface area contributed by atoms with Gasteiger partial charge in [-0.2, -0.15) is 0 Å². The van der Waals surface area contributed by atoms with E-state index >= 15 is 0 Å². The average molecular weight is 185 g/mol. The molecule has 0 unspecified atom stereocenters. The van der Waals surface area contributed by atoms with E-state index in [9.17, 15) is 14.4 Å². The lowest BCUT2D eigenvalue weighted by Gasteiger charge is -1.97. The molecule has 1 aliphatic heterocycles. The Balaban J connectivity index is 2.49. The summed E-state index contributed by atoms with van der Waals surface area (Å²) >= 11 is 0. The van der Waals surface area contributed by atoms with Crippen LogP contribution in [0.1, 0.15) is 0 Å². The molecule has 0 amide bonds. The third-order valence-electron chi connectivity index (χ3n) is 1.72. The molecule has 0 radical (unpaired) electrons. The predicted octanol–water partition coefficient (Wildman–Crippen LogP) is -2.38. The Morgan fingerprint density at radius 2 is 1.85 bits per heavy atom. The Labute approximate surface area is 71.0 Å². The highest BCUT2D eigenvalue weighted by Gasteiger charge is 2.24. The predicted molar refractivity (Wildman–Crippen MR) is 41.7 cm³/mol. The second-order valence-electron chi connectivity index (χ2n) is 2.76. The monoisotopic (exact) mass is 185 g/mol. The van der Waals surface area contributed by atoms with E-state index in [1.165, 1.54) is 0 Å². The summed E-state index contributed by atoms with van der Waals surface area (Å²) in [4.78, 5) is 36.6. The van der Waals surface area contributed by atoms with Crippen LogP contribution in [0.2, 0.25) is 0 Å². The zero-order chi connectivity index (χ0) is 9.42. The van der Waals surface area contributed by atoms with E-state index in [-0.39, 0.29) is 12.6 Å². The van der Waals surface area contributed by atoms with Crippen LogP contribution < -0.4 is 17.1 Å². The van der Waals surface area contributed by atoms with E-state index in [0.29, 0.717) is 6.61 Å². The maximum atomic E-state index is 11.1. The van der Waals surface area contributed by atoms with Gasteiger partial charge in [-0.25, -0.2) is 19.0 Å². The molecule has 0 bridgehead atoms. The molecule has 1 aromatic heterocycles. The van der Waals surface area contributed by atoms with Crippen molar-refractivity contribution in [2.24, 2.45) is 0 Å². The number of rotatable bonds is 2. The first-order chi connectivity index (χ1) is 6.16. The summed E-state index contributed by atoms with van der Waals surface area (Å²) in [6.45, 7) is 0.732. The molecule has 1 saturated heterocycles. The quantitative estimate of drug-likeness (QED) is 0.502. The summed E-state index contributed by atoms with van der Waals surface area (Å²) in [5.74, 6) is 0. The number of aromatic amines is 2. The van der Waals surface area contributed by atoms with Gasteiger partial charge in [-0.1, -0.05) is 0 Å². The maximum absolute atomic E-state index is 11.1. The number of hydrogen-bond donors (Lipinski definition) is 2. The molecule has 0 saturated carbocycles. The molecule has 13 heavy (non-hydrogen) atoms. The molecular weight excluding hydrogens is 178 g/mol. The van der Waals surface area contributed by atoms with Gasteiger partial charge in [-0.05, 0) is 0 Å². The molecule has 2 heterocycles. The van der Waals surface area contributed by atoms with Gasteiger partial charge < -0.3 is 4.74 Å². The van der Waals surface area contributed by atoms with Crippen LogP contribution in [-0.4, -0.2) is 27.2 Å². The topological polar surface area (TPSA) is 100 Å². The van der Waals surface area contributed by atoms with Crippen molar-refractivity contribution in [2.45, 2.75) is 12.6 Å². The molecule has 0 aromatic carbocycles. The number of nitrogens with zero attached hydrogens (tertiary/aromatic N) is 1. The van der Waals surface area contributed by atoms with E-state index in [1.807, 2.05) is 9.97 Å². The van der Waals surface area contributed by atoms with Crippen LogP contribution in [0.25, 0.3) is 0 Å². The van der Waals surface area contributed by atoms with Crippen molar-refractivity contribution in [3.8, 4) is 0 Å². The molecule has 1 aromatic rings. The molecule has 2 rings (SSSR count). The lowest BCUT2D eigenvalue weighted by atomic mass is 10.5. The minimum absolute atomic E-state index is 0.0790. The third-order valence-corrected chi connectivity index (χ3v) is 1.72. The van der Waals surface area contributed by atoms with Crippen molar-refractivity contribution in [3.63, 3.8) is 0 Å². The molecule has 1 aliphatic rings. The van der Waals surface area contributed by atoms with Gasteiger partial charge in [0.1, 0.15) is 0 Å². The summed E-state index contributed by atoms with van der Waals surface area (Å²) in [6.07, 6.45) is -0.0790. The SMILES string of the molecule is O=c1[nH]c(=O)n(C[C@H]2CO2)c(=O)[nH]1. The van der Waals surface area contributed by atoms with Crippen LogP contribution in [0.15, 0.2) is 14.4 Å². The Bertz CT molecular complexity index is 443. The van der Waals surface area contributed by atoms with Gasteiger partial charge in [0.15, 0.2) is 0 Å². The highest BCUT2D eigenvalue weighted by molar-refractivity contribution is 4.75. The zero-order valence-electron chi connectivity index (χ0n) is 6.57. The van der Waals surface area contributed by atoms with Gasteiger partial charge in [0.05, 0.1) is 19.3 Å². The Morgan fingerprint density at radius 3 is 2.31 bits per heavy atom. The van der Waals surface area contributed by atoms with Crippen molar-refractivity contribution >= 4 is 0 Å². The van der Waals surface area contributed by atoms with Crippen LogP contribution >= 0.6 is 0 Å². The van der Waals surface area contributed by atoms with Gasteiger partial charge in [-0.3, -0.25) is 9.97 Å². The fraction of sp³-hybridized carbons (Fsp3) is 0.500. The molecule has 0 aliphatic carbocycles. The van der Waals surface area contributed by atoms with Crippen molar-refractivity contribution in [1.29, 1.82) is 0 Å². The minimum atomic E-state index is -0.789. The Morgan fingerprint density at radius 1 is 1.31 bits per heavy atom. The highest BCUT2D eigenvalue weighted by atomic mass is 16.6. The molecule has 70 valence electrons. The van der Waals surface area contributed by atoms with E-state index < -0.39 is 17.1 Å². The largest absolute Gasteiger partial charge is 0.371 e. The number of nitrogens with one attached hydrogen (secondary N) is 2. The fourth-order valence-corrected chi connectivity index (χ4v) is 0.996. The van der Waals surface area contributed by atoms with Crippen LogP contribution in [-0.2, 0) is 11.3 Å². The number of H-pyrrole nitrogens is 2. The first-order valence-electron chi connectivity index (χ1n) is 3.72. The summed E-state index contributed by atoms with van der Waals surface area (Å²) in [5.41, 5.74) is -2.20. The average Bonchev–Trinajstić information content (AvgIpc) is 2.79. The Hall–Kier alpha value is -1.63. The third kappa shape index (κ3) is 1.59. The van der Waals surface area contributed by atoms with E-state index in [2.05, 4.69) is 0 Å². The second kappa shape index (κ2) is 2.70. The van der Waals surface area contributed by atoms with E-state index in [4.69, 9.17) is 4.74 Å². The standard InChI is InChI=1S/C6H7N3O4/c10-4-7-5(11)9(6(12)8-4)1-3-2-13-3/h3H,1-2H2,(H2,7,8,10,11,12)/t3-/m0/s1. The zero-order valence-corrected chi connectivity index (χ0v) is 6.57. The normalized spacial score (nSPS) is 20.2. The molecule has 1 atom stereocenters. The molecular formula is C6H7N3O4. The summed E-state index contributed by atoms with van der Waals surface area (Å²) in [6, 6.07) is 0. The van der Waals surface area contributed by atoms with Gasteiger partial charge in [0, 0.05) is 0 Å². The smallest absolute Gasteiger partial charge is 0.333 e. The van der Waals surface area contributed by atoms with Gasteiger partial charge in [-0.15, -0.1) is 0 Å². The minimum Gasteiger partial charge on any atom is -0.371 e. The summed E-state index contributed by atoms with van der Waals surface area (Å²) < 4.78 is 5.75. The maximum Gasteiger partial charge on any atom is 0.333 e. The van der Waals surface area contributed by atoms with Gasteiger partial charge in [0.2, 0.25) is 0 Å². The van der Waals surface area contributed by atoms with Crippen LogP contribution in [0, 0.1) is 0 Å². The summed E-state index contributed by atoms with van der Waals surface area (Å²) in [7, 11) is 0. The lowest BCUT2D eigenvalue weighted by molar-refractivity contribution is 0.373. The van der Waals surface area contributed by atoms with Gasteiger partial charge in [0.25, 0.3) is 0 Å². The number of epoxide rings is 1. The van der Waals surface area contributed by atoms with Crippen LogP contribution in [0.5, 0.6) is 0 Å². The molecule has 7 heteroatoms. The molecule has 2 N–H and O–H groups in total. The fourth-order valence-electron chi connectivity index (χ4n) is 0.996. The van der Waals surface area contributed by atoms with Crippen molar-refractivity contribution < 1.29 is 4.74 Å². The number of aromatic nitrogens is 3. The summed E-state index contributed by atoms with van der Waals surface area (Å²) in [5, 5.41) is 0. The van der Waals surface area contributed by atoms with Crippen LogP contribution in [0.3, 0.4) is 0 Å². The highest BCUT2D eigenvalue weighted by Crippen LogP contribution is 2.08.